The molecule has 4 rings (SSSR count). The van der Waals surface area contributed by atoms with Gasteiger partial charge in [-0.2, -0.15) is 0 Å². The van der Waals surface area contributed by atoms with Gasteiger partial charge in [-0.15, -0.1) is 0 Å². The molecule has 2 N–H and O–H groups in total. The summed E-state index contributed by atoms with van der Waals surface area (Å²) in [6, 6.07) is 16.7. The molecule has 0 unspecified atom stereocenters. The van der Waals surface area contributed by atoms with Crippen LogP contribution in [0.4, 0.5) is 11.4 Å². The van der Waals surface area contributed by atoms with Crippen LogP contribution in [-0.4, -0.2) is 32.6 Å². The Morgan fingerprint density at radius 2 is 1.64 bits per heavy atom. The second-order valence-electron chi connectivity index (χ2n) is 7.81. The molecule has 1 aromatic heterocycles. The number of carbonyl (C=O) groups excluding carboxylic acids is 2. The molecule has 0 aliphatic carbocycles. The predicted molar refractivity (Wildman–Crippen MR) is 136 cm³/mol. The number of methoxy groups -OCH3 is 2. The number of hydrogen-bond donors (Lipinski definition) is 2. The Balaban J connectivity index is 1.47. The van der Waals surface area contributed by atoms with Gasteiger partial charge in [-0.1, -0.05) is 12.1 Å². The van der Waals surface area contributed by atoms with Gasteiger partial charge in [0.1, 0.15) is 17.6 Å². The van der Waals surface area contributed by atoms with E-state index in [1.54, 1.807) is 60.7 Å². The fraction of sp³-hybridized carbons (Fsp3) is 0.148. The molecule has 0 spiro atoms. The molecule has 2 amide bonds. The maximum absolute atomic E-state index is 13.1. The number of benzene rings is 3. The van der Waals surface area contributed by atoms with E-state index in [2.05, 4.69) is 10.6 Å². The quantitative estimate of drug-likeness (QED) is 0.376. The second kappa shape index (κ2) is 10.6. The molecule has 0 aliphatic heterocycles. The molecule has 184 valence electrons. The maximum Gasteiger partial charge on any atom is 0.262 e. The van der Waals surface area contributed by atoms with E-state index < -0.39 is 0 Å². The lowest BCUT2D eigenvalue weighted by atomic mass is 10.0. The second-order valence-corrected chi connectivity index (χ2v) is 7.81. The molecule has 9 heteroatoms. The Labute approximate surface area is 206 Å². The van der Waals surface area contributed by atoms with Gasteiger partial charge in [-0.3, -0.25) is 14.4 Å². The molecule has 0 radical (unpaired) electrons. The highest BCUT2D eigenvalue weighted by molar-refractivity contribution is 5.94. The number of carbonyl (C=O) groups is 2. The highest BCUT2D eigenvalue weighted by Gasteiger charge is 2.13. The molecule has 36 heavy (non-hydrogen) atoms. The zero-order valence-corrected chi connectivity index (χ0v) is 19.9. The number of hydrogen-bond acceptors (Lipinski definition) is 7. The van der Waals surface area contributed by atoms with Crippen molar-refractivity contribution >= 4 is 34.2 Å². The smallest absolute Gasteiger partial charge is 0.262 e. The first-order chi connectivity index (χ1) is 17.4. The largest absolute Gasteiger partial charge is 0.493 e. The van der Waals surface area contributed by atoms with Crippen molar-refractivity contribution in [2.75, 3.05) is 31.5 Å². The summed E-state index contributed by atoms with van der Waals surface area (Å²) in [6.45, 7) is 1.14. The average molecular weight is 488 g/mol. The molecule has 3 aromatic carbocycles. The van der Waals surface area contributed by atoms with Gasteiger partial charge in [0.05, 0.1) is 25.2 Å². The van der Waals surface area contributed by atoms with Crippen molar-refractivity contribution in [3.05, 3.63) is 77.2 Å². The minimum atomic E-state index is -0.389. The summed E-state index contributed by atoms with van der Waals surface area (Å²) < 4.78 is 21.9. The van der Waals surface area contributed by atoms with Gasteiger partial charge < -0.3 is 29.3 Å². The van der Waals surface area contributed by atoms with Crippen molar-refractivity contribution in [2.45, 2.75) is 6.92 Å². The van der Waals surface area contributed by atoms with Gasteiger partial charge in [-0.05, 0) is 48.0 Å². The van der Waals surface area contributed by atoms with E-state index in [-0.39, 0.29) is 23.9 Å². The summed E-state index contributed by atoms with van der Waals surface area (Å²) >= 11 is 0. The summed E-state index contributed by atoms with van der Waals surface area (Å²) in [5.41, 5.74) is 2.19. The van der Waals surface area contributed by atoms with Gasteiger partial charge in [0.25, 0.3) is 5.91 Å². The molecule has 0 aliphatic rings. The number of fused-ring (bicyclic) bond motifs is 1. The standard InChI is InChI=1S/C27H24N2O7/c1-16(30)28-18-5-4-6-19(12-18)29-26(31)15-35-20-8-9-21-24(13-20)36-14-22(27(21)32)17-7-10-23(33-2)25(11-17)34-3/h4-14H,15H2,1-3H3,(H,28,30)(H,29,31). The Hall–Kier alpha value is -4.79. The SMILES string of the molecule is COc1ccc(-c2coc3cc(OCC(=O)Nc4cccc(NC(C)=O)c4)ccc3c2=O)cc1OC. The van der Waals surface area contributed by atoms with Crippen LogP contribution in [-0.2, 0) is 9.59 Å². The number of amides is 2. The van der Waals surface area contributed by atoms with E-state index >= 15 is 0 Å². The minimum absolute atomic E-state index is 0.208. The highest BCUT2D eigenvalue weighted by Crippen LogP contribution is 2.32. The topological polar surface area (TPSA) is 116 Å². The summed E-state index contributed by atoms with van der Waals surface area (Å²) in [6.07, 6.45) is 1.38. The molecular weight excluding hydrogens is 464 g/mol. The van der Waals surface area contributed by atoms with E-state index in [0.29, 0.717) is 50.7 Å². The third-order valence-corrected chi connectivity index (χ3v) is 5.28. The van der Waals surface area contributed by atoms with Crippen molar-refractivity contribution in [1.82, 2.24) is 0 Å². The Morgan fingerprint density at radius 1 is 0.889 bits per heavy atom. The van der Waals surface area contributed by atoms with E-state index in [4.69, 9.17) is 18.6 Å². The maximum atomic E-state index is 13.1. The summed E-state index contributed by atoms with van der Waals surface area (Å²) in [5, 5.41) is 5.73. The third-order valence-electron chi connectivity index (χ3n) is 5.28. The lowest BCUT2D eigenvalue weighted by Gasteiger charge is -2.10. The molecule has 0 saturated carbocycles. The normalized spacial score (nSPS) is 10.5. The number of ether oxygens (including phenoxy) is 3. The van der Waals surface area contributed by atoms with Crippen molar-refractivity contribution in [1.29, 1.82) is 0 Å². The van der Waals surface area contributed by atoms with E-state index in [0.717, 1.165) is 0 Å². The van der Waals surface area contributed by atoms with Crippen molar-refractivity contribution < 1.29 is 28.2 Å². The molecule has 0 atom stereocenters. The first-order valence-corrected chi connectivity index (χ1v) is 11.0. The van der Waals surface area contributed by atoms with Crippen molar-refractivity contribution in [3.8, 4) is 28.4 Å². The Kier molecular flexibility index (Phi) is 7.20. The van der Waals surface area contributed by atoms with Gasteiger partial charge >= 0.3 is 0 Å². The zero-order valence-electron chi connectivity index (χ0n) is 19.9. The molecule has 9 nitrogen and oxygen atoms in total. The molecule has 4 aromatic rings. The number of rotatable bonds is 8. The number of anilines is 2. The van der Waals surface area contributed by atoms with Crippen LogP contribution in [0.2, 0.25) is 0 Å². The predicted octanol–water partition coefficient (Wildman–Crippen LogP) is 4.45. The first kappa shape index (κ1) is 24.3. The van der Waals surface area contributed by atoms with Crippen LogP contribution in [0.1, 0.15) is 6.92 Å². The lowest BCUT2D eigenvalue weighted by Crippen LogP contribution is -2.20. The number of nitrogens with one attached hydrogen (secondary N) is 2. The average Bonchev–Trinajstić information content (AvgIpc) is 2.87. The summed E-state index contributed by atoms with van der Waals surface area (Å²) in [4.78, 5) is 36.6. The molecule has 0 bridgehead atoms. The lowest BCUT2D eigenvalue weighted by molar-refractivity contribution is -0.118. The fourth-order valence-corrected chi connectivity index (χ4v) is 3.63. The van der Waals surface area contributed by atoms with Crippen LogP contribution in [0.5, 0.6) is 17.2 Å². The van der Waals surface area contributed by atoms with Crippen molar-refractivity contribution in [3.63, 3.8) is 0 Å². The molecule has 1 heterocycles. The third kappa shape index (κ3) is 5.47. The van der Waals surface area contributed by atoms with Crippen LogP contribution in [0, 0.1) is 0 Å². The molecule has 0 saturated heterocycles. The van der Waals surface area contributed by atoms with Crippen LogP contribution in [0.15, 0.2) is 76.1 Å². The fourth-order valence-electron chi connectivity index (χ4n) is 3.63. The highest BCUT2D eigenvalue weighted by atomic mass is 16.5. The summed E-state index contributed by atoms with van der Waals surface area (Å²) in [7, 11) is 3.06. The Bertz CT molecular complexity index is 1490. The van der Waals surface area contributed by atoms with Crippen LogP contribution in [0.25, 0.3) is 22.1 Å². The molecule has 0 fully saturated rings. The van der Waals surface area contributed by atoms with Crippen LogP contribution >= 0.6 is 0 Å². The zero-order chi connectivity index (χ0) is 25.7. The van der Waals surface area contributed by atoms with E-state index in [1.807, 2.05) is 0 Å². The van der Waals surface area contributed by atoms with Gasteiger partial charge in [-0.25, -0.2) is 0 Å². The van der Waals surface area contributed by atoms with Gasteiger partial charge in [0.2, 0.25) is 5.91 Å². The van der Waals surface area contributed by atoms with Crippen LogP contribution < -0.4 is 30.3 Å². The van der Waals surface area contributed by atoms with Gasteiger partial charge in [0, 0.05) is 24.4 Å². The summed E-state index contributed by atoms with van der Waals surface area (Å²) in [5.74, 6) is 0.823. The van der Waals surface area contributed by atoms with E-state index in [9.17, 15) is 14.4 Å². The van der Waals surface area contributed by atoms with Crippen LogP contribution in [0.3, 0.4) is 0 Å². The Morgan fingerprint density at radius 3 is 2.36 bits per heavy atom. The first-order valence-electron chi connectivity index (χ1n) is 11.0. The van der Waals surface area contributed by atoms with E-state index in [1.165, 1.54) is 27.4 Å². The minimum Gasteiger partial charge on any atom is -0.493 e. The molecular formula is C27H24N2O7. The monoisotopic (exact) mass is 488 g/mol. The van der Waals surface area contributed by atoms with Crippen molar-refractivity contribution in [2.24, 2.45) is 0 Å². The van der Waals surface area contributed by atoms with Gasteiger partial charge in [0.15, 0.2) is 23.5 Å².